The molecule has 0 aliphatic carbocycles. The molecular formula is C24H16ClF5N4O3. The van der Waals surface area contributed by atoms with Crippen LogP contribution in [-0.4, -0.2) is 41.1 Å². The number of carbonyl (C=O) groups excluding carboxylic acids is 2. The van der Waals surface area contributed by atoms with Crippen molar-refractivity contribution in [2.75, 3.05) is 23.3 Å². The van der Waals surface area contributed by atoms with E-state index in [9.17, 15) is 36.6 Å². The number of amides is 2. The van der Waals surface area contributed by atoms with Gasteiger partial charge in [-0.05, 0) is 36.4 Å². The van der Waals surface area contributed by atoms with Crippen molar-refractivity contribution in [2.45, 2.75) is 18.3 Å². The maximum absolute atomic E-state index is 14.0. The molecule has 2 aliphatic heterocycles. The molecule has 3 N–H and O–H groups in total. The Morgan fingerprint density at radius 3 is 2.51 bits per heavy atom. The number of anilines is 2. The molecular weight excluding hydrogens is 523 g/mol. The van der Waals surface area contributed by atoms with Crippen LogP contribution in [0, 0.1) is 11.6 Å². The fraction of sp³-hybridized carbons (Fsp3) is 0.208. The second-order valence-electron chi connectivity index (χ2n) is 8.60. The number of benzene rings is 2. The Bertz CT molecular complexity index is 1440. The zero-order valence-corrected chi connectivity index (χ0v) is 19.3. The molecule has 0 spiro atoms. The molecule has 1 fully saturated rings. The first-order chi connectivity index (χ1) is 17.4. The lowest BCUT2D eigenvalue weighted by molar-refractivity contribution is -0.137. The molecule has 0 bridgehead atoms. The van der Waals surface area contributed by atoms with E-state index in [2.05, 4.69) is 15.6 Å². The van der Waals surface area contributed by atoms with Gasteiger partial charge >= 0.3 is 6.18 Å². The van der Waals surface area contributed by atoms with Crippen molar-refractivity contribution in [3.8, 4) is 0 Å². The summed E-state index contributed by atoms with van der Waals surface area (Å²) in [4.78, 5) is 31.8. The quantitative estimate of drug-likeness (QED) is 0.431. The number of hydrogen-bond acceptors (Lipinski definition) is 5. The van der Waals surface area contributed by atoms with Gasteiger partial charge in [-0.15, -0.1) is 0 Å². The van der Waals surface area contributed by atoms with Gasteiger partial charge in [-0.25, -0.2) is 13.8 Å². The van der Waals surface area contributed by atoms with Gasteiger partial charge in [0, 0.05) is 40.9 Å². The van der Waals surface area contributed by atoms with Gasteiger partial charge in [-0.1, -0.05) is 11.6 Å². The predicted molar refractivity (Wildman–Crippen MR) is 123 cm³/mol. The Hall–Kier alpha value is -3.77. The minimum absolute atomic E-state index is 0.0344. The highest BCUT2D eigenvalue weighted by Gasteiger charge is 2.38. The van der Waals surface area contributed by atoms with Gasteiger partial charge in [-0.2, -0.15) is 13.2 Å². The van der Waals surface area contributed by atoms with Crippen LogP contribution in [0.1, 0.15) is 43.6 Å². The number of aromatic nitrogens is 1. The Morgan fingerprint density at radius 1 is 1.11 bits per heavy atom. The number of hydrogen-bond donors (Lipinski definition) is 3. The number of fused-ring (bicyclic) bond motifs is 1. The topological polar surface area (TPSA) is 94.6 Å². The second-order valence-corrected chi connectivity index (χ2v) is 9.01. The van der Waals surface area contributed by atoms with Gasteiger partial charge in [0.15, 0.2) is 0 Å². The number of carbonyl (C=O) groups is 2. The lowest BCUT2D eigenvalue weighted by Crippen LogP contribution is -2.51. The van der Waals surface area contributed by atoms with Crippen LogP contribution in [0.25, 0.3) is 0 Å². The summed E-state index contributed by atoms with van der Waals surface area (Å²) < 4.78 is 67.5. The Labute approximate surface area is 210 Å². The number of alkyl halides is 3. The number of nitrogens with one attached hydrogen (secondary N) is 2. The van der Waals surface area contributed by atoms with Crippen molar-refractivity contribution < 1.29 is 36.6 Å². The zero-order chi connectivity index (χ0) is 26.6. The van der Waals surface area contributed by atoms with Gasteiger partial charge in [-0.3, -0.25) is 9.59 Å². The summed E-state index contributed by atoms with van der Waals surface area (Å²) in [5, 5.41) is 14.8. The molecule has 1 saturated heterocycles. The van der Waals surface area contributed by atoms with E-state index in [4.69, 9.17) is 11.6 Å². The van der Waals surface area contributed by atoms with E-state index < -0.39 is 52.9 Å². The molecule has 37 heavy (non-hydrogen) atoms. The molecule has 1 atom stereocenters. The Kier molecular flexibility index (Phi) is 6.03. The third-order valence-electron chi connectivity index (χ3n) is 6.02. The first-order valence-electron chi connectivity index (χ1n) is 10.8. The van der Waals surface area contributed by atoms with Crippen LogP contribution in [0.2, 0.25) is 5.02 Å². The highest BCUT2D eigenvalue weighted by molar-refractivity contribution is 6.31. The van der Waals surface area contributed by atoms with Crippen LogP contribution in [0.3, 0.4) is 0 Å². The van der Waals surface area contributed by atoms with E-state index >= 15 is 0 Å². The predicted octanol–water partition coefficient (Wildman–Crippen LogP) is 4.30. The fourth-order valence-electron chi connectivity index (χ4n) is 4.23. The molecule has 2 aromatic carbocycles. The average Bonchev–Trinajstić information content (AvgIpc) is 3.14. The molecule has 2 amide bonds. The van der Waals surface area contributed by atoms with Gasteiger partial charge in [0.25, 0.3) is 11.8 Å². The molecule has 2 aliphatic rings. The van der Waals surface area contributed by atoms with E-state index in [0.717, 1.165) is 12.1 Å². The molecule has 1 unspecified atom stereocenters. The molecule has 192 valence electrons. The van der Waals surface area contributed by atoms with E-state index in [-0.39, 0.29) is 52.5 Å². The van der Waals surface area contributed by atoms with Gasteiger partial charge < -0.3 is 20.6 Å². The maximum Gasteiger partial charge on any atom is 0.416 e. The van der Waals surface area contributed by atoms with Crippen LogP contribution < -0.4 is 15.5 Å². The van der Waals surface area contributed by atoms with Crippen molar-refractivity contribution in [3.05, 3.63) is 87.1 Å². The minimum atomic E-state index is -4.89. The van der Waals surface area contributed by atoms with Crippen molar-refractivity contribution in [3.63, 3.8) is 0 Å². The van der Waals surface area contributed by atoms with Crippen LogP contribution in [-0.2, 0) is 6.18 Å². The van der Waals surface area contributed by atoms with E-state index in [0.29, 0.717) is 12.1 Å². The van der Waals surface area contributed by atoms with Gasteiger partial charge in [0.1, 0.15) is 23.1 Å². The second kappa shape index (κ2) is 8.96. The van der Waals surface area contributed by atoms with E-state index in [1.54, 1.807) is 4.90 Å². The Balaban J connectivity index is 1.61. The van der Waals surface area contributed by atoms with E-state index in [1.807, 2.05) is 0 Å². The standard InChI is InChI=1S/C24H16ClF5N4O3/c25-16-2-1-12(26)6-15(16)20-19-17(7-18(34-8-14(35)9-34)32-21(19)23(37)33-20)31-22(36)10-3-11(24(28,29)30)5-13(27)4-10/h1-7,14,20,35H,8-9H2,(H,33,37)(H,31,32,36). The van der Waals surface area contributed by atoms with Crippen molar-refractivity contribution in [2.24, 2.45) is 0 Å². The van der Waals surface area contributed by atoms with Gasteiger partial charge in [0.05, 0.1) is 23.4 Å². The monoisotopic (exact) mass is 538 g/mol. The molecule has 1 aromatic heterocycles. The van der Waals surface area contributed by atoms with Crippen LogP contribution >= 0.6 is 11.6 Å². The molecule has 3 aromatic rings. The molecule has 5 rings (SSSR count). The normalized spacial score (nSPS) is 17.3. The summed E-state index contributed by atoms with van der Waals surface area (Å²) in [6.07, 6.45) is -5.52. The number of aliphatic hydroxyl groups is 1. The van der Waals surface area contributed by atoms with Crippen LogP contribution in [0.5, 0.6) is 0 Å². The van der Waals surface area contributed by atoms with E-state index in [1.165, 1.54) is 12.1 Å². The third-order valence-corrected chi connectivity index (χ3v) is 6.36. The van der Waals surface area contributed by atoms with Crippen molar-refractivity contribution >= 4 is 34.9 Å². The summed E-state index contributed by atoms with van der Waals surface area (Å²) in [6.45, 7) is 0.386. The van der Waals surface area contributed by atoms with Crippen LogP contribution in [0.15, 0.2) is 42.5 Å². The zero-order valence-electron chi connectivity index (χ0n) is 18.5. The van der Waals surface area contributed by atoms with Crippen molar-refractivity contribution in [1.82, 2.24) is 10.3 Å². The molecule has 0 radical (unpaired) electrons. The number of nitrogens with zero attached hydrogens (tertiary/aromatic N) is 2. The Morgan fingerprint density at radius 2 is 1.84 bits per heavy atom. The highest BCUT2D eigenvalue weighted by atomic mass is 35.5. The number of rotatable bonds is 4. The fourth-order valence-corrected chi connectivity index (χ4v) is 4.46. The molecule has 13 heteroatoms. The first kappa shape index (κ1) is 24.9. The van der Waals surface area contributed by atoms with Crippen LogP contribution in [0.4, 0.5) is 33.5 Å². The molecule has 7 nitrogen and oxygen atoms in total. The first-order valence-corrected chi connectivity index (χ1v) is 11.2. The number of β-amino-alcohol motifs (C(OH)–C–C–N with tert-alkyl or cyclic N) is 1. The lowest BCUT2D eigenvalue weighted by atomic mass is 9.98. The lowest BCUT2D eigenvalue weighted by Gasteiger charge is -2.37. The third kappa shape index (κ3) is 4.69. The maximum atomic E-state index is 14.0. The minimum Gasteiger partial charge on any atom is -0.389 e. The van der Waals surface area contributed by atoms with Gasteiger partial charge in [0.2, 0.25) is 0 Å². The van der Waals surface area contributed by atoms with Crippen molar-refractivity contribution in [1.29, 1.82) is 0 Å². The smallest absolute Gasteiger partial charge is 0.389 e. The highest BCUT2D eigenvalue weighted by Crippen LogP contribution is 2.41. The summed E-state index contributed by atoms with van der Waals surface area (Å²) in [6, 6.07) is 5.21. The number of pyridine rings is 1. The number of halogens is 6. The summed E-state index contributed by atoms with van der Waals surface area (Å²) in [5.74, 6) is -3.46. The summed E-state index contributed by atoms with van der Waals surface area (Å²) in [7, 11) is 0. The SMILES string of the molecule is O=C(Nc1cc(N2CC(O)C2)nc2c1C(c1cc(F)ccc1Cl)NC2=O)c1cc(F)cc(C(F)(F)F)c1. The molecule has 0 saturated carbocycles. The summed E-state index contributed by atoms with van der Waals surface area (Å²) in [5.41, 5.74) is -1.88. The largest absolute Gasteiger partial charge is 0.416 e. The number of aliphatic hydroxyl groups excluding tert-OH is 1. The summed E-state index contributed by atoms with van der Waals surface area (Å²) >= 11 is 6.24. The average molecular weight is 539 g/mol. The molecule has 3 heterocycles.